The van der Waals surface area contributed by atoms with Gasteiger partial charge in [-0.1, -0.05) is 11.8 Å². The molecule has 5 nitrogen and oxygen atoms in total. The average Bonchev–Trinajstić information content (AvgIpc) is 2.72. The molecule has 2 heterocycles. The highest BCUT2D eigenvalue weighted by molar-refractivity contribution is 7.99. The van der Waals surface area contributed by atoms with E-state index in [-0.39, 0.29) is 0 Å². The van der Waals surface area contributed by atoms with Crippen LogP contribution in [0.2, 0.25) is 0 Å². The molecule has 0 unspecified atom stereocenters. The Bertz CT molecular complexity index is 526. The molecule has 2 rings (SSSR count). The normalized spacial score (nSPS) is 10.8. The first-order valence-corrected chi connectivity index (χ1v) is 6.78. The molecule has 0 bridgehead atoms. The lowest BCUT2D eigenvalue weighted by Gasteiger charge is -2.06. The first-order chi connectivity index (χ1) is 8.56. The Morgan fingerprint density at radius 3 is 2.44 bits per heavy atom. The summed E-state index contributed by atoms with van der Waals surface area (Å²) in [4.78, 5) is 8.93. The lowest BCUT2D eigenvalue weighted by molar-refractivity contribution is 0.668. The van der Waals surface area contributed by atoms with E-state index in [4.69, 9.17) is 5.73 Å². The van der Waals surface area contributed by atoms with Crippen LogP contribution in [0.25, 0.3) is 0 Å². The van der Waals surface area contributed by atoms with Gasteiger partial charge in [0, 0.05) is 23.3 Å². The molecule has 0 saturated heterocycles. The zero-order valence-corrected chi connectivity index (χ0v) is 11.7. The van der Waals surface area contributed by atoms with Gasteiger partial charge in [0.25, 0.3) is 0 Å². The minimum Gasteiger partial charge on any atom is -0.382 e. The van der Waals surface area contributed by atoms with Crippen LogP contribution in [0.5, 0.6) is 0 Å². The smallest absolute Gasteiger partial charge is 0.188 e. The Morgan fingerprint density at radius 1 is 1.22 bits per heavy atom. The van der Waals surface area contributed by atoms with Crippen molar-refractivity contribution in [2.45, 2.75) is 32.5 Å². The van der Waals surface area contributed by atoms with Crippen molar-refractivity contribution in [2.24, 2.45) is 0 Å². The third-order valence-electron chi connectivity index (χ3n) is 2.82. The monoisotopic (exact) mass is 263 g/mol. The standard InChI is InChI=1S/C12H17N5S/c1-8-9(2)14-12(15-10(8)3)18-7-6-17-5-4-11(13)16-17/h4-5H,6-7H2,1-3H3,(H2,13,16). The van der Waals surface area contributed by atoms with Crippen molar-refractivity contribution in [1.82, 2.24) is 19.7 Å². The quantitative estimate of drug-likeness (QED) is 0.674. The van der Waals surface area contributed by atoms with Crippen LogP contribution < -0.4 is 5.73 Å². The number of anilines is 1. The maximum atomic E-state index is 5.55. The molecule has 2 aromatic rings. The first kappa shape index (κ1) is 12.9. The minimum absolute atomic E-state index is 0.554. The summed E-state index contributed by atoms with van der Waals surface area (Å²) in [6.07, 6.45) is 1.88. The van der Waals surface area contributed by atoms with Gasteiger partial charge in [0.05, 0.1) is 6.54 Å². The molecule has 0 amide bonds. The van der Waals surface area contributed by atoms with Gasteiger partial charge >= 0.3 is 0 Å². The Morgan fingerprint density at radius 2 is 1.89 bits per heavy atom. The number of nitrogens with zero attached hydrogens (tertiary/aromatic N) is 4. The first-order valence-electron chi connectivity index (χ1n) is 5.80. The molecule has 2 N–H and O–H groups in total. The largest absolute Gasteiger partial charge is 0.382 e. The lowest BCUT2D eigenvalue weighted by Crippen LogP contribution is -2.03. The van der Waals surface area contributed by atoms with Gasteiger partial charge in [0.2, 0.25) is 0 Å². The number of hydrogen-bond acceptors (Lipinski definition) is 5. The fraction of sp³-hybridized carbons (Fsp3) is 0.417. The van der Waals surface area contributed by atoms with Crippen LogP contribution in [0, 0.1) is 20.8 Å². The van der Waals surface area contributed by atoms with Crippen LogP contribution in [0.1, 0.15) is 17.0 Å². The van der Waals surface area contributed by atoms with Crippen molar-refractivity contribution in [2.75, 3.05) is 11.5 Å². The van der Waals surface area contributed by atoms with Gasteiger partial charge in [-0.3, -0.25) is 4.68 Å². The number of thioether (sulfide) groups is 1. The van der Waals surface area contributed by atoms with E-state index in [0.29, 0.717) is 5.82 Å². The van der Waals surface area contributed by atoms with Crippen molar-refractivity contribution >= 4 is 17.6 Å². The van der Waals surface area contributed by atoms with E-state index in [2.05, 4.69) is 15.1 Å². The Labute approximate surface area is 111 Å². The van der Waals surface area contributed by atoms with Gasteiger partial charge in [-0.15, -0.1) is 0 Å². The van der Waals surface area contributed by atoms with Crippen LogP contribution in [-0.4, -0.2) is 25.5 Å². The predicted octanol–water partition coefficient (Wildman–Crippen LogP) is 1.97. The third-order valence-corrected chi connectivity index (χ3v) is 3.65. The van der Waals surface area contributed by atoms with Gasteiger partial charge in [-0.2, -0.15) is 5.10 Å². The molecule has 0 fully saturated rings. The van der Waals surface area contributed by atoms with Crippen LogP contribution in [0.4, 0.5) is 5.82 Å². The lowest BCUT2D eigenvalue weighted by atomic mass is 10.2. The Kier molecular flexibility index (Phi) is 3.86. The van der Waals surface area contributed by atoms with Crippen LogP contribution in [0.3, 0.4) is 0 Å². The molecule has 0 aromatic carbocycles. The second-order valence-corrected chi connectivity index (χ2v) is 5.22. The zero-order chi connectivity index (χ0) is 13.1. The highest BCUT2D eigenvalue weighted by atomic mass is 32.2. The fourth-order valence-corrected chi connectivity index (χ4v) is 2.40. The molecule has 18 heavy (non-hydrogen) atoms. The van der Waals surface area contributed by atoms with Gasteiger partial charge in [0.15, 0.2) is 5.16 Å². The SMILES string of the molecule is Cc1nc(SCCn2ccc(N)n2)nc(C)c1C. The van der Waals surface area contributed by atoms with Crippen molar-refractivity contribution in [3.05, 3.63) is 29.2 Å². The number of hydrogen-bond donors (Lipinski definition) is 1. The number of aromatic nitrogens is 4. The molecule has 0 aliphatic rings. The second kappa shape index (κ2) is 5.39. The van der Waals surface area contributed by atoms with Crippen LogP contribution in [-0.2, 0) is 6.54 Å². The molecule has 2 aromatic heterocycles. The molecule has 0 spiro atoms. The molecule has 0 aliphatic carbocycles. The van der Waals surface area contributed by atoms with Crippen molar-refractivity contribution in [1.29, 1.82) is 0 Å². The summed E-state index contributed by atoms with van der Waals surface area (Å²) in [5.41, 5.74) is 8.82. The van der Waals surface area contributed by atoms with Crippen molar-refractivity contribution in [3.63, 3.8) is 0 Å². The Balaban J connectivity index is 1.94. The van der Waals surface area contributed by atoms with E-state index < -0.39 is 0 Å². The van der Waals surface area contributed by atoms with Crippen LogP contribution in [0.15, 0.2) is 17.4 Å². The van der Waals surface area contributed by atoms with E-state index in [1.807, 2.05) is 31.6 Å². The van der Waals surface area contributed by atoms with Gasteiger partial charge in [0.1, 0.15) is 5.82 Å². The number of nitrogens with two attached hydrogens (primary N) is 1. The fourth-order valence-electron chi connectivity index (χ4n) is 1.54. The predicted molar refractivity (Wildman–Crippen MR) is 73.6 cm³/mol. The van der Waals surface area contributed by atoms with E-state index in [1.165, 1.54) is 5.56 Å². The summed E-state index contributed by atoms with van der Waals surface area (Å²) < 4.78 is 1.83. The molecule has 0 atom stereocenters. The summed E-state index contributed by atoms with van der Waals surface area (Å²) in [5.74, 6) is 1.43. The Hall–Kier alpha value is -1.56. The topological polar surface area (TPSA) is 69.6 Å². The number of rotatable bonds is 4. The average molecular weight is 263 g/mol. The summed E-state index contributed by atoms with van der Waals surface area (Å²) >= 11 is 1.64. The number of aryl methyl sites for hydroxylation is 3. The molecule has 6 heteroatoms. The van der Waals surface area contributed by atoms with Gasteiger partial charge in [-0.05, 0) is 32.4 Å². The minimum atomic E-state index is 0.554. The van der Waals surface area contributed by atoms with E-state index >= 15 is 0 Å². The highest BCUT2D eigenvalue weighted by Crippen LogP contribution is 2.17. The van der Waals surface area contributed by atoms with Crippen molar-refractivity contribution in [3.8, 4) is 0 Å². The highest BCUT2D eigenvalue weighted by Gasteiger charge is 2.05. The molecule has 96 valence electrons. The second-order valence-electron chi connectivity index (χ2n) is 4.15. The maximum absolute atomic E-state index is 5.55. The van der Waals surface area contributed by atoms with E-state index in [9.17, 15) is 0 Å². The molecular formula is C12H17N5S. The number of nitrogen functional groups attached to an aromatic ring is 1. The molecule has 0 saturated carbocycles. The summed E-state index contributed by atoms with van der Waals surface area (Å²) in [6, 6.07) is 1.79. The summed E-state index contributed by atoms with van der Waals surface area (Å²) in [7, 11) is 0. The maximum Gasteiger partial charge on any atom is 0.188 e. The van der Waals surface area contributed by atoms with Gasteiger partial charge in [-0.25, -0.2) is 9.97 Å². The summed E-state index contributed by atoms with van der Waals surface area (Å²) in [5, 5.41) is 4.96. The molecular weight excluding hydrogens is 246 g/mol. The van der Waals surface area contributed by atoms with Crippen molar-refractivity contribution < 1.29 is 0 Å². The van der Waals surface area contributed by atoms with Crippen LogP contribution >= 0.6 is 11.8 Å². The van der Waals surface area contributed by atoms with E-state index in [1.54, 1.807) is 17.8 Å². The third kappa shape index (κ3) is 3.01. The molecule has 0 radical (unpaired) electrons. The summed E-state index contributed by atoms with van der Waals surface area (Å²) in [6.45, 7) is 6.88. The van der Waals surface area contributed by atoms with E-state index in [0.717, 1.165) is 28.8 Å². The zero-order valence-electron chi connectivity index (χ0n) is 10.8. The van der Waals surface area contributed by atoms with Gasteiger partial charge < -0.3 is 5.73 Å². The molecule has 0 aliphatic heterocycles.